The molecule has 0 aliphatic heterocycles. The molecule has 1 aromatic rings. The Kier molecular flexibility index (Phi) is 4.32. The minimum Gasteiger partial charge on any atom is -0.496 e. The van der Waals surface area contributed by atoms with Crippen LogP contribution in [0.15, 0.2) is 33.0 Å². The summed E-state index contributed by atoms with van der Waals surface area (Å²) in [6.07, 6.45) is 3.96. The summed E-state index contributed by atoms with van der Waals surface area (Å²) >= 11 is 0. The highest BCUT2D eigenvalue weighted by Gasteiger charge is 2.09. The monoisotopic (exact) mass is 234 g/mol. The first-order valence-corrected chi connectivity index (χ1v) is 5.50. The Bertz CT molecular complexity index is 519. The fraction of sp³-hybridized carbons (Fsp3) is 0.357. The molecule has 3 heteroatoms. The second kappa shape index (κ2) is 5.53. The fourth-order valence-electron chi connectivity index (χ4n) is 1.44. The fourth-order valence-corrected chi connectivity index (χ4v) is 1.44. The molecule has 1 aromatic heterocycles. The van der Waals surface area contributed by atoms with Crippen LogP contribution in [0.25, 0.3) is 5.57 Å². The van der Waals surface area contributed by atoms with Crippen molar-refractivity contribution in [2.45, 2.75) is 27.7 Å². The SMILES string of the molecule is CC=C(C)C=C(C)c1cc(OC)c(C)c(=O)o1. The zero-order valence-corrected chi connectivity index (χ0v) is 11.0. The van der Waals surface area contributed by atoms with Crippen LogP contribution >= 0.6 is 0 Å². The summed E-state index contributed by atoms with van der Waals surface area (Å²) in [5.41, 5.74) is 2.15. The van der Waals surface area contributed by atoms with Gasteiger partial charge in [-0.2, -0.15) is 0 Å². The van der Waals surface area contributed by atoms with Gasteiger partial charge < -0.3 is 9.15 Å². The molecular weight excluding hydrogens is 216 g/mol. The van der Waals surface area contributed by atoms with Crippen LogP contribution in [0, 0.1) is 6.92 Å². The Balaban J connectivity index is 3.29. The minimum absolute atomic E-state index is 0.356. The van der Waals surface area contributed by atoms with Crippen LogP contribution in [0.3, 0.4) is 0 Å². The van der Waals surface area contributed by atoms with Gasteiger partial charge in [-0.3, -0.25) is 0 Å². The zero-order valence-electron chi connectivity index (χ0n) is 11.0. The molecule has 17 heavy (non-hydrogen) atoms. The molecule has 0 aliphatic rings. The van der Waals surface area contributed by atoms with Gasteiger partial charge in [-0.1, -0.05) is 17.7 Å². The lowest BCUT2D eigenvalue weighted by Gasteiger charge is -2.06. The van der Waals surface area contributed by atoms with Crippen molar-refractivity contribution in [3.05, 3.63) is 45.5 Å². The maximum atomic E-state index is 11.6. The Hall–Kier alpha value is -1.77. The Morgan fingerprint density at radius 3 is 2.59 bits per heavy atom. The van der Waals surface area contributed by atoms with Crippen molar-refractivity contribution in [3.8, 4) is 5.75 Å². The van der Waals surface area contributed by atoms with E-state index in [1.54, 1.807) is 20.1 Å². The van der Waals surface area contributed by atoms with E-state index in [1.165, 1.54) is 0 Å². The van der Waals surface area contributed by atoms with Crippen LogP contribution in [0.2, 0.25) is 0 Å². The highest BCUT2D eigenvalue weighted by atomic mass is 16.5. The predicted octanol–water partition coefficient (Wildman–Crippen LogP) is 3.33. The van der Waals surface area contributed by atoms with Gasteiger partial charge >= 0.3 is 5.63 Å². The lowest BCUT2D eigenvalue weighted by Crippen LogP contribution is -2.06. The van der Waals surface area contributed by atoms with Gasteiger partial charge in [0.05, 0.1) is 12.7 Å². The van der Waals surface area contributed by atoms with Crippen molar-refractivity contribution < 1.29 is 9.15 Å². The Morgan fingerprint density at radius 2 is 2.06 bits per heavy atom. The maximum Gasteiger partial charge on any atom is 0.342 e. The van der Waals surface area contributed by atoms with Crippen LogP contribution in [0.1, 0.15) is 32.1 Å². The molecule has 0 N–H and O–H groups in total. The van der Waals surface area contributed by atoms with Gasteiger partial charge in [0.1, 0.15) is 11.5 Å². The van der Waals surface area contributed by atoms with Gasteiger partial charge in [0.15, 0.2) is 0 Å². The summed E-state index contributed by atoms with van der Waals surface area (Å²) in [7, 11) is 1.54. The van der Waals surface area contributed by atoms with Crippen LogP contribution in [-0.4, -0.2) is 7.11 Å². The second-order valence-corrected chi connectivity index (χ2v) is 3.95. The van der Waals surface area contributed by atoms with Crippen molar-refractivity contribution in [3.63, 3.8) is 0 Å². The number of ether oxygens (including phenoxy) is 1. The van der Waals surface area contributed by atoms with Crippen molar-refractivity contribution in [2.24, 2.45) is 0 Å². The molecule has 92 valence electrons. The maximum absolute atomic E-state index is 11.6. The Labute approximate surface area is 101 Å². The molecule has 0 bridgehead atoms. The minimum atomic E-state index is -0.356. The van der Waals surface area contributed by atoms with E-state index in [1.807, 2.05) is 32.9 Å². The number of hydrogen-bond acceptors (Lipinski definition) is 3. The lowest BCUT2D eigenvalue weighted by atomic mass is 10.1. The molecule has 3 nitrogen and oxygen atoms in total. The number of allylic oxidation sites excluding steroid dienone is 4. The van der Waals surface area contributed by atoms with E-state index >= 15 is 0 Å². The number of rotatable bonds is 3. The van der Waals surface area contributed by atoms with Gasteiger partial charge in [0, 0.05) is 6.07 Å². The van der Waals surface area contributed by atoms with Crippen LogP contribution in [0.5, 0.6) is 5.75 Å². The largest absolute Gasteiger partial charge is 0.496 e. The van der Waals surface area contributed by atoms with E-state index in [9.17, 15) is 4.79 Å². The highest BCUT2D eigenvalue weighted by molar-refractivity contribution is 5.63. The number of methoxy groups -OCH3 is 1. The average molecular weight is 234 g/mol. The number of hydrogen-bond donors (Lipinski definition) is 0. The molecule has 1 rings (SSSR count). The third kappa shape index (κ3) is 3.09. The molecular formula is C14H18O3. The molecule has 0 atom stereocenters. The highest BCUT2D eigenvalue weighted by Crippen LogP contribution is 2.21. The average Bonchev–Trinajstić information content (AvgIpc) is 2.32. The normalized spacial score (nSPS) is 12.8. The van der Waals surface area contributed by atoms with E-state index in [0.29, 0.717) is 17.1 Å². The van der Waals surface area contributed by atoms with Gasteiger partial charge in [-0.25, -0.2) is 4.79 Å². The summed E-state index contributed by atoms with van der Waals surface area (Å²) in [5, 5.41) is 0. The van der Waals surface area contributed by atoms with Crippen molar-refractivity contribution in [2.75, 3.05) is 7.11 Å². The van der Waals surface area contributed by atoms with Crippen LogP contribution < -0.4 is 10.4 Å². The second-order valence-electron chi connectivity index (χ2n) is 3.95. The van der Waals surface area contributed by atoms with E-state index in [4.69, 9.17) is 9.15 Å². The smallest absolute Gasteiger partial charge is 0.342 e. The molecule has 0 aliphatic carbocycles. The first kappa shape index (κ1) is 13.3. The van der Waals surface area contributed by atoms with Crippen LogP contribution in [-0.2, 0) is 0 Å². The summed E-state index contributed by atoms with van der Waals surface area (Å²) in [4.78, 5) is 11.6. The summed E-state index contributed by atoms with van der Waals surface area (Å²) in [5.74, 6) is 1.10. The molecule has 1 heterocycles. The molecule has 0 fully saturated rings. The molecule has 0 radical (unpaired) electrons. The third-order valence-electron chi connectivity index (χ3n) is 2.65. The predicted molar refractivity (Wildman–Crippen MR) is 69.3 cm³/mol. The van der Waals surface area contributed by atoms with Gasteiger partial charge in [0.25, 0.3) is 0 Å². The van der Waals surface area contributed by atoms with E-state index in [0.717, 1.165) is 11.1 Å². The van der Waals surface area contributed by atoms with Crippen molar-refractivity contribution in [1.82, 2.24) is 0 Å². The third-order valence-corrected chi connectivity index (χ3v) is 2.65. The molecule has 0 aromatic carbocycles. The lowest BCUT2D eigenvalue weighted by molar-refractivity contribution is 0.395. The molecule has 0 unspecified atom stereocenters. The zero-order chi connectivity index (χ0) is 13.0. The summed E-state index contributed by atoms with van der Waals surface area (Å²) < 4.78 is 10.4. The quantitative estimate of drug-likeness (QED) is 0.753. The van der Waals surface area contributed by atoms with Gasteiger partial charge in [-0.15, -0.1) is 0 Å². The topological polar surface area (TPSA) is 39.4 Å². The van der Waals surface area contributed by atoms with E-state index in [-0.39, 0.29) is 5.63 Å². The molecule has 0 spiro atoms. The summed E-state index contributed by atoms with van der Waals surface area (Å²) in [6.45, 7) is 7.54. The van der Waals surface area contributed by atoms with E-state index in [2.05, 4.69) is 0 Å². The first-order chi connectivity index (χ1) is 7.99. The molecule has 0 saturated heterocycles. The van der Waals surface area contributed by atoms with Crippen molar-refractivity contribution in [1.29, 1.82) is 0 Å². The summed E-state index contributed by atoms with van der Waals surface area (Å²) in [6, 6.07) is 1.74. The van der Waals surface area contributed by atoms with Gasteiger partial charge in [0.2, 0.25) is 0 Å². The van der Waals surface area contributed by atoms with Crippen molar-refractivity contribution >= 4 is 5.57 Å². The van der Waals surface area contributed by atoms with Gasteiger partial charge in [-0.05, 0) is 33.3 Å². The first-order valence-electron chi connectivity index (χ1n) is 5.50. The van der Waals surface area contributed by atoms with Crippen LogP contribution in [0.4, 0.5) is 0 Å². The Morgan fingerprint density at radius 1 is 1.41 bits per heavy atom. The standard InChI is InChI=1S/C14H18O3/c1-6-9(2)7-10(3)12-8-13(16-5)11(4)14(15)17-12/h6-8H,1-5H3. The molecule has 0 amide bonds. The van der Waals surface area contributed by atoms with E-state index < -0.39 is 0 Å². The molecule has 0 saturated carbocycles.